The van der Waals surface area contributed by atoms with Crippen LogP contribution in [0.1, 0.15) is 31.7 Å². The number of hydrogen-bond acceptors (Lipinski definition) is 8. The van der Waals surface area contributed by atoms with E-state index in [0.29, 0.717) is 37.6 Å². The summed E-state index contributed by atoms with van der Waals surface area (Å²) in [5.74, 6) is -1.34. The molecular weight excluding hydrogens is 477 g/mol. The Bertz CT molecular complexity index is 1160. The van der Waals surface area contributed by atoms with E-state index in [9.17, 15) is 4.79 Å². The van der Waals surface area contributed by atoms with Gasteiger partial charge in [0.2, 0.25) is 5.82 Å². The Balaban J connectivity index is 1.29. The number of ether oxygens (including phenoxy) is 3. The number of aromatic nitrogens is 2. The second-order valence-corrected chi connectivity index (χ2v) is 9.90. The summed E-state index contributed by atoms with van der Waals surface area (Å²) < 4.78 is 32.8. The normalized spacial score (nSPS) is 24.6. The maximum atomic E-state index is 15.3. The lowest BCUT2D eigenvalue weighted by atomic mass is 9.82. The predicted molar refractivity (Wildman–Crippen MR) is 124 cm³/mol. The molecule has 35 heavy (non-hydrogen) atoms. The molecule has 5 rings (SSSR count). The molecule has 3 fully saturated rings. The maximum Gasteiger partial charge on any atom is 0.410 e. The van der Waals surface area contributed by atoms with Gasteiger partial charge in [-0.25, -0.2) is 9.78 Å². The summed E-state index contributed by atoms with van der Waals surface area (Å²) >= 11 is 6.20. The summed E-state index contributed by atoms with van der Waals surface area (Å²) in [4.78, 5) is 22.4. The van der Waals surface area contributed by atoms with Crippen LogP contribution in [0.4, 0.5) is 20.7 Å². The van der Waals surface area contributed by atoms with Gasteiger partial charge in [0.15, 0.2) is 5.82 Å². The first-order valence-corrected chi connectivity index (χ1v) is 11.9. The van der Waals surface area contributed by atoms with Crippen LogP contribution in [0.3, 0.4) is 0 Å². The SMILES string of the molecule is CC1(OC(=O)N2CC3COCC(C2)C3Oc2ncnc(Nc3ccc(C#N)cc3Cl)c2F)CCC1. The molecule has 2 aromatic rings. The third-order valence-electron chi connectivity index (χ3n) is 6.86. The molecule has 1 aromatic carbocycles. The van der Waals surface area contributed by atoms with Gasteiger partial charge in [-0.3, -0.25) is 0 Å². The zero-order valence-electron chi connectivity index (χ0n) is 19.2. The molecule has 2 aliphatic heterocycles. The van der Waals surface area contributed by atoms with Crippen LogP contribution in [0.15, 0.2) is 24.5 Å². The van der Waals surface area contributed by atoms with Crippen molar-refractivity contribution in [3.8, 4) is 11.9 Å². The molecule has 184 valence electrons. The second-order valence-electron chi connectivity index (χ2n) is 9.49. The van der Waals surface area contributed by atoms with Crippen molar-refractivity contribution in [1.82, 2.24) is 14.9 Å². The van der Waals surface area contributed by atoms with Crippen molar-refractivity contribution in [3.05, 3.63) is 40.9 Å². The summed E-state index contributed by atoms with van der Waals surface area (Å²) in [6.07, 6.45) is 3.34. The van der Waals surface area contributed by atoms with Gasteiger partial charge in [0.1, 0.15) is 18.0 Å². The fourth-order valence-electron chi connectivity index (χ4n) is 4.76. The highest BCUT2D eigenvalue weighted by Crippen LogP contribution is 2.37. The molecule has 1 aromatic heterocycles. The van der Waals surface area contributed by atoms with Crippen LogP contribution < -0.4 is 10.1 Å². The van der Waals surface area contributed by atoms with E-state index in [1.54, 1.807) is 17.0 Å². The molecule has 1 amide bonds. The fraction of sp³-hybridized carbons (Fsp3) is 0.500. The van der Waals surface area contributed by atoms with Crippen LogP contribution in [0, 0.1) is 29.0 Å². The minimum Gasteiger partial charge on any atom is -0.471 e. The van der Waals surface area contributed by atoms with Crippen LogP contribution in [-0.2, 0) is 9.47 Å². The smallest absolute Gasteiger partial charge is 0.410 e. The Morgan fingerprint density at radius 1 is 1.31 bits per heavy atom. The van der Waals surface area contributed by atoms with E-state index in [1.807, 2.05) is 13.0 Å². The summed E-state index contributed by atoms with van der Waals surface area (Å²) in [7, 11) is 0. The Morgan fingerprint density at radius 2 is 2.06 bits per heavy atom. The number of carbonyl (C=O) groups is 1. The van der Waals surface area contributed by atoms with Gasteiger partial charge in [0.25, 0.3) is 5.88 Å². The van der Waals surface area contributed by atoms with Gasteiger partial charge in [-0.15, -0.1) is 0 Å². The van der Waals surface area contributed by atoms with Crippen molar-refractivity contribution in [2.75, 3.05) is 31.6 Å². The van der Waals surface area contributed by atoms with Crippen molar-refractivity contribution in [1.29, 1.82) is 5.26 Å². The number of benzene rings is 1. The molecule has 9 nitrogen and oxygen atoms in total. The molecule has 0 radical (unpaired) electrons. The Morgan fingerprint density at radius 3 is 2.69 bits per heavy atom. The lowest BCUT2D eigenvalue weighted by Gasteiger charge is -2.47. The number of nitrogens with one attached hydrogen (secondary N) is 1. The monoisotopic (exact) mass is 501 g/mol. The van der Waals surface area contributed by atoms with Crippen LogP contribution in [0.25, 0.3) is 0 Å². The number of nitriles is 1. The number of rotatable bonds is 5. The van der Waals surface area contributed by atoms with Crippen molar-refractivity contribution in [2.45, 2.75) is 37.9 Å². The topological polar surface area (TPSA) is 110 Å². The summed E-state index contributed by atoms with van der Waals surface area (Å²) in [5, 5.41) is 12.1. The Labute approximate surface area is 207 Å². The number of hydrogen-bond donors (Lipinski definition) is 1. The molecule has 3 aliphatic rings. The van der Waals surface area contributed by atoms with Crippen LogP contribution in [0.5, 0.6) is 5.88 Å². The van der Waals surface area contributed by atoms with Gasteiger partial charge in [-0.05, 0) is 44.4 Å². The van der Waals surface area contributed by atoms with E-state index in [-0.39, 0.29) is 46.4 Å². The molecule has 1 N–H and O–H groups in total. The molecule has 2 unspecified atom stereocenters. The Hall–Kier alpha value is -3.16. The number of nitrogens with zero attached hydrogens (tertiary/aromatic N) is 4. The molecule has 3 heterocycles. The highest BCUT2D eigenvalue weighted by atomic mass is 35.5. The van der Waals surface area contributed by atoms with Crippen molar-refractivity contribution in [3.63, 3.8) is 0 Å². The van der Waals surface area contributed by atoms with E-state index in [1.165, 1.54) is 12.4 Å². The molecule has 2 atom stereocenters. The first-order chi connectivity index (χ1) is 16.8. The zero-order valence-corrected chi connectivity index (χ0v) is 19.9. The van der Waals surface area contributed by atoms with Gasteiger partial charge in [-0.2, -0.15) is 14.6 Å². The third-order valence-corrected chi connectivity index (χ3v) is 7.18. The first-order valence-electron chi connectivity index (χ1n) is 11.5. The van der Waals surface area contributed by atoms with Crippen molar-refractivity contribution >= 4 is 29.2 Å². The predicted octanol–water partition coefficient (Wildman–Crippen LogP) is 4.29. The van der Waals surface area contributed by atoms with E-state index < -0.39 is 5.82 Å². The molecule has 1 aliphatic carbocycles. The van der Waals surface area contributed by atoms with Gasteiger partial charge < -0.3 is 24.4 Å². The van der Waals surface area contributed by atoms with Gasteiger partial charge in [0, 0.05) is 24.9 Å². The lowest BCUT2D eigenvalue weighted by Crippen LogP contribution is -2.59. The molecule has 2 saturated heterocycles. The average molecular weight is 502 g/mol. The Kier molecular flexibility index (Phi) is 6.38. The largest absolute Gasteiger partial charge is 0.471 e. The molecule has 0 spiro atoms. The average Bonchev–Trinajstić information content (AvgIpc) is 2.81. The molecule has 11 heteroatoms. The summed E-state index contributed by atoms with van der Waals surface area (Å²) in [6, 6.07) is 6.61. The minimum atomic E-state index is -0.758. The molecular formula is C24H25ClFN5O4. The molecule has 2 bridgehead atoms. The standard InChI is InChI=1S/C24H25ClFN5O4/c1-24(5-2-6-24)35-23(32)31-9-15-11-33-12-16(10-31)20(15)34-22-19(26)21(28-13-29-22)30-18-4-3-14(8-27)7-17(18)25/h3-4,7,13,15-16,20H,2,5-6,9-12H2,1H3,(H,28,29,30). The highest BCUT2D eigenvalue weighted by molar-refractivity contribution is 6.33. The number of likely N-dealkylation sites (tertiary alicyclic amines) is 1. The molecule has 1 saturated carbocycles. The summed E-state index contributed by atoms with van der Waals surface area (Å²) in [5.41, 5.74) is 0.409. The quantitative estimate of drug-likeness (QED) is 0.646. The number of fused-ring (bicyclic) bond motifs is 2. The number of piperidine rings is 1. The third kappa shape index (κ3) is 4.83. The van der Waals surface area contributed by atoms with Crippen molar-refractivity contribution < 1.29 is 23.4 Å². The number of halogens is 2. The number of anilines is 2. The minimum absolute atomic E-state index is 0.0993. The fourth-order valence-corrected chi connectivity index (χ4v) is 4.99. The van der Waals surface area contributed by atoms with Crippen LogP contribution >= 0.6 is 11.6 Å². The zero-order chi connectivity index (χ0) is 24.6. The van der Waals surface area contributed by atoms with E-state index in [2.05, 4.69) is 15.3 Å². The number of carbonyl (C=O) groups excluding carboxylic acids is 1. The second kappa shape index (κ2) is 9.47. The first kappa shape index (κ1) is 23.6. The van der Waals surface area contributed by atoms with E-state index in [4.69, 9.17) is 31.1 Å². The van der Waals surface area contributed by atoms with E-state index >= 15 is 4.39 Å². The van der Waals surface area contributed by atoms with Crippen LogP contribution in [0.2, 0.25) is 5.02 Å². The van der Waals surface area contributed by atoms with Gasteiger partial charge in [0.05, 0.1) is 35.6 Å². The summed E-state index contributed by atoms with van der Waals surface area (Å²) in [6.45, 7) is 3.54. The maximum absolute atomic E-state index is 15.3. The lowest BCUT2D eigenvalue weighted by molar-refractivity contribution is -0.119. The van der Waals surface area contributed by atoms with Crippen LogP contribution in [-0.4, -0.2) is 59.0 Å². The van der Waals surface area contributed by atoms with Crippen molar-refractivity contribution in [2.24, 2.45) is 11.8 Å². The van der Waals surface area contributed by atoms with Gasteiger partial charge in [-0.1, -0.05) is 11.6 Å². The van der Waals surface area contributed by atoms with Gasteiger partial charge >= 0.3 is 6.09 Å². The highest BCUT2D eigenvalue weighted by Gasteiger charge is 2.46. The number of amides is 1. The van der Waals surface area contributed by atoms with E-state index in [0.717, 1.165) is 19.3 Å².